The third-order valence-corrected chi connectivity index (χ3v) is 2.91. The van der Waals surface area contributed by atoms with Crippen molar-refractivity contribution in [1.29, 1.82) is 5.26 Å². The topological polar surface area (TPSA) is 79.2 Å². The molecule has 1 N–H and O–H groups in total. The van der Waals surface area contributed by atoms with Crippen molar-refractivity contribution in [3.8, 4) is 6.07 Å². The van der Waals surface area contributed by atoms with Gasteiger partial charge in [-0.25, -0.2) is 4.79 Å². The van der Waals surface area contributed by atoms with Gasteiger partial charge in [-0.15, -0.1) is 0 Å². The summed E-state index contributed by atoms with van der Waals surface area (Å²) < 4.78 is 4.69. The summed E-state index contributed by atoms with van der Waals surface area (Å²) in [4.78, 5) is 23.6. The summed E-state index contributed by atoms with van der Waals surface area (Å²) in [5, 5.41) is 11.4. The Labute approximate surface area is 118 Å². The number of nitrogens with one attached hydrogen (secondary N) is 1. The lowest BCUT2D eigenvalue weighted by Gasteiger charge is -2.16. The predicted octanol–water partition coefficient (Wildman–Crippen LogP) is 2.02. The zero-order chi connectivity index (χ0) is 15.0. The van der Waals surface area contributed by atoms with Gasteiger partial charge in [0.15, 0.2) is 0 Å². The number of nitriles is 1. The van der Waals surface area contributed by atoms with Crippen LogP contribution in [0.5, 0.6) is 0 Å². The molecular formula is C15H18N2O3. The third-order valence-electron chi connectivity index (χ3n) is 2.91. The van der Waals surface area contributed by atoms with Gasteiger partial charge in [-0.1, -0.05) is 19.8 Å². The summed E-state index contributed by atoms with van der Waals surface area (Å²) in [5.41, 5.74) is 0.895. The van der Waals surface area contributed by atoms with E-state index in [1.54, 1.807) is 24.3 Å². The number of nitrogens with zero attached hydrogens (tertiary/aromatic N) is 1. The van der Waals surface area contributed by atoms with Crippen molar-refractivity contribution in [3.05, 3.63) is 35.4 Å². The molecule has 0 heterocycles. The standard InChI is InChI=1S/C15H18N2O3/c1-3-4-5-13(15(19)20-2)17-14(18)12-8-6-11(10-16)7-9-12/h6-9,13H,3-5H2,1-2H3,(H,17,18)/t13-/m1/s1. The van der Waals surface area contributed by atoms with E-state index in [-0.39, 0.29) is 5.91 Å². The average Bonchev–Trinajstić information content (AvgIpc) is 2.50. The first-order valence-corrected chi connectivity index (χ1v) is 6.51. The van der Waals surface area contributed by atoms with Gasteiger partial charge in [-0.3, -0.25) is 4.79 Å². The summed E-state index contributed by atoms with van der Waals surface area (Å²) in [6, 6.07) is 7.59. The average molecular weight is 274 g/mol. The van der Waals surface area contributed by atoms with Crippen molar-refractivity contribution in [2.45, 2.75) is 32.2 Å². The number of unbranched alkanes of at least 4 members (excludes halogenated alkanes) is 1. The van der Waals surface area contributed by atoms with Gasteiger partial charge in [0.05, 0.1) is 18.7 Å². The molecule has 1 aromatic carbocycles. The van der Waals surface area contributed by atoms with Crippen LogP contribution in [0.15, 0.2) is 24.3 Å². The van der Waals surface area contributed by atoms with E-state index in [1.807, 2.05) is 13.0 Å². The maximum atomic E-state index is 12.0. The van der Waals surface area contributed by atoms with Gasteiger partial charge in [0.1, 0.15) is 6.04 Å². The molecule has 0 bridgehead atoms. The molecule has 0 aliphatic heterocycles. The lowest BCUT2D eigenvalue weighted by atomic mass is 10.1. The second-order valence-corrected chi connectivity index (χ2v) is 4.38. The zero-order valence-corrected chi connectivity index (χ0v) is 11.7. The van der Waals surface area contributed by atoms with Crippen LogP contribution in [0.3, 0.4) is 0 Å². The second kappa shape index (κ2) is 7.95. The molecule has 0 aliphatic carbocycles. The molecule has 5 heteroatoms. The van der Waals surface area contributed by atoms with Crippen molar-refractivity contribution in [2.75, 3.05) is 7.11 Å². The van der Waals surface area contributed by atoms with Gasteiger partial charge in [0, 0.05) is 5.56 Å². The molecule has 1 rings (SSSR count). The number of carbonyl (C=O) groups excluding carboxylic acids is 2. The van der Waals surface area contributed by atoms with Crippen LogP contribution >= 0.6 is 0 Å². The van der Waals surface area contributed by atoms with E-state index in [0.29, 0.717) is 17.5 Å². The van der Waals surface area contributed by atoms with Crippen LogP contribution in [0.25, 0.3) is 0 Å². The summed E-state index contributed by atoms with van der Waals surface area (Å²) in [5.74, 6) is -0.790. The largest absolute Gasteiger partial charge is 0.467 e. The fraction of sp³-hybridized carbons (Fsp3) is 0.400. The van der Waals surface area contributed by atoms with E-state index in [4.69, 9.17) is 5.26 Å². The molecule has 0 saturated carbocycles. The predicted molar refractivity (Wildman–Crippen MR) is 74.0 cm³/mol. The summed E-state index contributed by atoms with van der Waals surface area (Å²) in [6.07, 6.45) is 2.30. The van der Waals surface area contributed by atoms with Crippen LogP contribution in [0.2, 0.25) is 0 Å². The smallest absolute Gasteiger partial charge is 0.328 e. The van der Waals surface area contributed by atoms with Gasteiger partial charge in [0.25, 0.3) is 5.91 Å². The Morgan fingerprint density at radius 3 is 2.50 bits per heavy atom. The highest BCUT2D eigenvalue weighted by atomic mass is 16.5. The molecule has 5 nitrogen and oxygen atoms in total. The molecule has 0 aliphatic rings. The van der Waals surface area contributed by atoms with Crippen LogP contribution in [-0.2, 0) is 9.53 Å². The second-order valence-electron chi connectivity index (χ2n) is 4.38. The maximum absolute atomic E-state index is 12.0. The molecule has 1 atom stereocenters. The Morgan fingerprint density at radius 1 is 1.35 bits per heavy atom. The monoisotopic (exact) mass is 274 g/mol. The fourth-order valence-corrected chi connectivity index (χ4v) is 1.74. The molecule has 1 amide bonds. The van der Waals surface area contributed by atoms with Crippen LogP contribution in [0.4, 0.5) is 0 Å². The van der Waals surface area contributed by atoms with E-state index < -0.39 is 12.0 Å². The highest BCUT2D eigenvalue weighted by molar-refractivity contribution is 5.96. The van der Waals surface area contributed by atoms with Crippen LogP contribution in [0.1, 0.15) is 42.1 Å². The molecule has 0 aromatic heterocycles. The summed E-state index contributed by atoms with van der Waals surface area (Å²) in [6.45, 7) is 2.01. The van der Waals surface area contributed by atoms with Crippen molar-refractivity contribution in [3.63, 3.8) is 0 Å². The molecule has 1 aromatic rings. The normalized spacial score (nSPS) is 11.2. The van der Waals surface area contributed by atoms with Crippen LogP contribution in [0, 0.1) is 11.3 Å². The first kappa shape index (κ1) is 15.7. The molecule has 0 radical (unpaired) electrons. The molecule has 0 unspecified atom stereocenters. The van der Waals surface area contributed by atoms with E-state index in [0.717, 1.165) is 12.8 Å². The molecule has 106 valence electrons. The van der Waals surface area contributed by atoms with Crippen LogP contribution in [-0.4, -0.2) is 25.0 Å². The number of rotatable bonds is 6. The van der Waals surface area contributed by atoms with E-state index >= 15 is 0 Å². The number of carbonyl (C=O) groups is 2. The van der Waals surface area contributed by atoms with Crippen molar-refractivity contribution < 1.29 is 14.3 Å². The number of methoxy groups -OCH3 is 1. The first-order valence-electron chi connectivity index (χ1n) is 6.51. The number of amides is 1. The SMILES string of the molecule is CCCC[C@@H](NC(=O)c1ccc(C#N)cc1)C(=O)OC. The number of ether oxygens (including phenoxy) is 1. The molecular weight excluding hydrogens is 256 g/mol. The molecule has 0 fully saturated rings. The maximum Gasteiger partial charge on any atom is 0.328 e. The minimum atomic E-state index is -0.636. The Bertz CT molecular complexity index is 503. The lowest BCUT2D eigenvalue weighted by molar-refractivity contribution is -0.143. The Balaban J connectivity index is 2.73. The molecule has 0 saturated heterocycles. The third kappa shape index (κ3) is 4.39. The number of esters is 1. The van der Waals surface area contributed by atoms with Gasteiger partial charge in [-0.2, -0.15) is 5.26 Å². The van der Waals surface area contributed by atoms with E-state index in [9.17, 15) is 9.59 Å². The zero-order valence-electron chi connectivity index (χ0n) is 11.7. The van der Waals surface area contributed by atoms with Gasteiger partial charge in [0.2, 0.25) is 0 Å². The molecule has 0 spiro atoms. The minimum Gasteiger partial charge on any atom is -0.467 e. The Morgan fingerprint density at radius 2 is 2.00 bits per heavy atom. The Hall–Kier alpha value is -2.35. The first-order chi connectivity index (χ1) is 9.62. The van der Waals surface area contributed by atoms with Crippen LogP contribution < -0.4 is 5.32 Å². The van der Waals surface area contributed by atoms with E-state index in [1.165, 1.54) is 7.11 Å². The highest BCUT2D eigenvalue weighted by Gasteiger charge is 2.21. The number of benzene rings is 1. The number of hydrogen-bond acceptors (Lipinski definition) is 4. The van der Waals surface area contributed by atoms with Crippen molar-refractivity contribution >= 4 is 11.9 Å². The van der Waals surface area contributed by atoms with Gasteiger partial charge >= 0.3 is 5.97 Å². The molecule has 20 heavy (non-hydrogen) atoms. The summed E-state index contributed by atoms with van der Waals surface area (Å²) >= 11 is 0. The minimum absolute atomic E-state index is 0.346. The lowest BCUT2D eigenvalue weighted by Crippen LogP contribution is -2.41. The fourth-order valence-electron chi connectivity index (χ4n) is 1.74. The quantitative estimate of drug-likeness (QED) is 0.805. The van der Waals surface area contributed by atoms with Crippen molar-refractivity contribution in [2.24, 2.45) is 0 Å². The van der Waals surface area contributed by atoms with E-state index in [2.05, 4.69) is 10.1 Å². The Kier molecular flexibility index (Phi) is 6.24. The van der Waals surface area contributed by atoms with Crippen molar-refractivity contribution in [1.82, 2.24) is 5.32 Å². The van der Waals surface area contributed by atoms with Gasteiger partial charge < -0.3 is 10.1 Å². The number of hydrogen-bond donors (Lipinski definition) is 1. The highest BCUT2D eigenvalue weighted by Crippen LogP contribution is 2.07. The summed E-state index contributed by atoms with van der Waals surface area (Å²) in [7, 11) is 1.30. The van der Waals surface area contributed by atoms with Gasteiger partial charge in [-0.05, 0) is 30.7 Å².